The molecule has 2 aromatic rings. The maximum atomic E-state index is 5.45. The Labute approximate surface area is 67.0 Å². The van der Waals surface area contributed by atoms with Gasteiger partial charge >= 0.3 is 0 Å². The SMILES string of the molecule is CNc1cc2sc(N)nc2o1. The summed E-state index contributed by atoms with van der Waals surface area (Å²) in [6.07, 6.45) is 0. The molecule has 0 radical (unpaired) electrons. The van der Waals surface area contributed by atoms with Crippen LogP contribution in [0.4, 0.5) is 11.0 Å². The summed E-state index contributed by atoms with van der Waals surface area (Å²) in [5.74, 6) is 0.721. The maximum absolute atomic E-state index is 5.45. The van der Waals surface area contributed by atoms with Gasteiger partial charge in [-0.3, -0.25) is 0 Å². The summed E-state index contributed by atoms with van der Waals surface area (Å²) >= 11 is 1.42. The fraction of sp³-hybridized carbons (Fsp3) is 0.167. The Balaban J connectivity index is 2.64. The number of nitrogens with one attached hydrogen (secondary N) is 1. The topological polar surface area (TPSA) is 64.1 Å². The summed E-state index contributed by atoms with van der Waals surface area (Å²) in [5, 5.41) is 3.42. The molecule has 58 valence electrons. The molecule has 0 bridgehead atoms. The van der Waals surface area contributed by atoms with Gasteiger partial charge in [-0.1, -0.05) is 11.3 Å². The Morgan fingerprint density at radius 1 is 1.73 bits per heavy atom. The lowest BCUT2D eigenvalue weighted by Gasteiger charge is -1.87. The van der Waals surface area contributed by atoms with Gasteiger partial charge in [0.2, 0.25) is 5.71 Å². The number of nitrogens with zero attached hydrogens (tertiary/aromatic N) is 1. The Hall–Kier alpha value is -1.23. The van der Waals surface area contributed by atoms with E-state index < -0.39 is 0 Å². The van der Waals surface area contributed by atoms with Crippen molar-refractivity contribution in [1.29, 1.82) is 0 Å². The third kappa shape index (κ3) is 0.932. The van der Waals surface area contributed by atoms with Gasteiger partial charge in [-0.2, -0.15) is 4.98 Å². The van der Waals surface area contributed by atoms with E-state index in [0.717, 1.165) is 10.6 Å². The highest BCUT2D eigenvalue weighted by atomic mass is 32.1. The van der Waals surface area contributed by atoms with E-state index in [2.05, 4.69) is 10.3 Å². The van der Waals surface area contributed by atoms with Crippen LogP contribution in [-0.2, 0) is 0 Å². The van der Waals surface area contributed by atoms with Crippen LogP contribution in [-0.4, -0.2) is 12.0 Å². The van der Waals surface area contributed by atoms with Crippen molar-refractivity contribution >= 4 is 32.8 Å². The van der Waals surface area contributed by atoms with Gasteiger partial charge in [-0.05, 0) is 0 Å². The van der Waals surface area contributed by atoms with Crippen LogP contribution in [0, 0.1) is 0 Å². The number of hydrogen-bond donors (Lipinski definition) is 2. The van der Waals surface area contributed by atoms with Crippen LogP contribution in [0.15, 0.2) is 10.5 Å². The number of fused-ring (bicyclic) bond motifs is 1. The molecule has 0 saturated carbocycles. The Kier molecular flexibility index (Phi) is 1.25. The van der Waals surface area contributed by atoms with E-state index in [9.17, 15) is 0 Å². The molecule has 0 aromatic carbocycles. The van der Waals surface area contributed by atoms with Crippen molar-refractivity contribution in [1.82, 2.24) is 4.98 Å². The minimum absolute atomic E-state index is 0.543. The zero-order valence-electron chi connectivity index (χ0n) is 5.92. The van der Waals surface area contributed by atoms with Crippen LogP contribution in [0.2, 0.25) is 0 Å². The van der Waals surface area contributed by atoms with Gasteiger partial charge in [0, 0.05) is 13.1 Å². The molecule has 0 saturated heterocycles. The van der Waals surface area contributed by atoms with Crippen LogP contribution < -0.4 is 11.1 Å². The fourth-order valence-corrected chi connectivity index (χ4v) is 1.57. The first kappa shape index (κ1) is 6.48. The zero-order chi connectivity index (χ0) is 7.84. The molecule has 3 N–H and O–H groups in total. The van der Waals surface area contributed by atoms with Crippen LogP contribution in [0.5, 0.6) is 0 Å². The molecule has 0 amide bonds. The predicted octanol–water partition coefficient (Wildman–Crippen LogP) is 1.51. The van der Waals surface area contributed by atoms with E-state index in [1.54, 1.807) is 7.05 Å². The van der Waals surface area contributed by atoms with E-state index in [4.69, 9.17) is 10.2 Å². The van der Waals surface area contributed by atoms with Gasteiger partial charge in [-0.25, -0.2) is 0 Å². The molecule has 0 aliphatic carbocycles. The molecule has 0 aliphatic rings. The predicted molar refractivity (Wildman–Crippen MR) is 45.8 cm³/mol. The lowest BCUT2D eigenvalue weighted by Crippen LogP contribution is -1.83. The lowest BCUT2D eigenvalue weighted by molar-refractivity contribution is 0.620. The number of anilines is 2. The Bertz CT molecular complexity index is 346. The average Bonchev–Trinajstić information content (AvgIpc) is 2.43. The summed E-state index contributed by atoms with van der Waals surface area (Å²) in [6, 6.07) is 1.88. The van der Waals surface area contributed by atoms with Crippen molar-refractivity contribution in [2.45, 2.75) is 0 Å². The first-order chi connectivity index (χ1) is 5.29. The number of nitrogens with two attached hydrogens (primary N) is 1. The van der Waals surface area contributed by atoms with Gasteiger partial charge in [0.25, 0.3) is 0 Å². The molecule has 11 heavy (non-hydrogen) atoms. The van der Waals surface area contributed by atoms with Crippen LogP contribution in [0.1, 0.15) is 0 Å². The molecule has 4 nitrogen and oxygen atoms in total. The number of aromatic nitrogens is 1. The van der Waals surface area contributed by atoms with Crippen LogP contribution >= 0.6 is 11.3 Å². The van der Waals surface area contributed by atoms with E-state index >= 15 is 0 Å². The van der Waals surface area contributed by atoms with E-state index in [0.29, 0.717) is 10.8 Å². The van der Waals surface area contributed by atoms with Crippen LogP contribution in [0.25, 0.3) is 10.4 Å². The number of thiazole rings is 1. The van der Waals surface area contributed by atoms with E-state index in [1.807, 2.05) is 6.07 Å². The molecule has 0 unspecified atom stereocenters. The second-order valence-electron chi connectivity index (χ2n) is 2.08. The first-order valence-corrected chi connectivity index (χ1v) is 3.95. The molecule has 0 aliphatic heterocycles. The van der Waals surface area contributed by atoms with Crippen molar-refractivity contribution in [2.24, 2.45) is 0 Å². The van der Waals surface area contributed by atoms with Gasteiger partial charge in [0.1, 0.15) is 0 Å². The highest BCUT2D eigenvalue weighted by molar-refractivity contribution is 7.22. The van der Waals surface area contributed by atoms with E-state index in [1.165, 1.54) is 11.3 Å². The largest absolute Gasteiger partial charge is 0.421 e. The molecule has 0 atom stereocenters. The molecule has 5 heteroatoms. The third-order valence-corrected chi connectivity index (χ3v) is 2.17. The lowest BCUT2D eigenvalue weighted by atomic mass is 10.6. The zero-order valence-corrected chi connectivity index (χ0v) is 6.73. The Morgan fingerprint density at radius 3 is 3.18 bits per heavy atom. The average molecular weight is 169 g/mol. The van der Waals surface area contributed by atoms with Gasteiger partial charge in [0.15, 0.2) is 11.0 Å². The van der Waals surface area contributed by atoms with Gasteiger partial charge in [0.05, 0.1) is 4.70 Å². The number of furan rings is 1. The van der Waals surface area contributed by atoms with Crippen molar-refractivity contribution in [3.8, 4) is 0 Å². The van der Waals surface area contributed by atoms with Crippen molar-refractivity contribution < 1.29 is 4.42 Å². The summed E-state index contributed by atoms with van der Waals surface area (Å²) in [6.45, 7) is 0. The number of rotatable bonds is 1. The summed E-state index contributed by atoms with van der Waals surface area (Å²) in [7, 11) is 1.80. The highest BCUT2D eigenvalue weighted by Crippen LogP contribution is 2.28. The monoisotopic (exact) mass is 169 g/mol. The third-order valence-electron chi connectivity index (χ3n) is 1.35. The molecule has 2 rings (SSSR count). The first-order valence-electron chi connectivity index (χ1n) is 3.13. The minimum atomic E-state index is 0.543. The summed E-state index contributed by atoms with van der Waals surface area (Å²) < 4.78 is 6.22. The Morgan fingerprint density at radius 2 is 2.55 bits per heavy atom. The molecular formula is C6H7N3OS. The minimum Gasteiger partial charge on any atom is -0.421 e. The molecule has 0 spiro atoms. The second-order valence-corrected chi connectivity index (χ2v) is 3.14. The van der Waals surface area contributed by atoms with Crippen LogP contribution in [0.3, 0.4) is 0 Å². The normalized spacial score (nSPS) is 10.6. The fourth-order valence-electron chi connectivity index (χ4n) is 0.875. The standard InChI is InChI=1S/C6H7N3OS/c1-8-4-2-3-5(10-4)9-6(7)11-3/h2,8H,1H3,(H2,7,9). The highest BCUT2D eigenvalue weighted by Gasteiger charge is 2.06. The molecule has 2 heterocycles. The van der Waals surface area contributed by atoms with E-state index in [-0.39, 0.29) is 0 Å². The van der Waals surface area contributed by atoms with Gasteiger partial charge < -0.3 is 15.5 Å². The molecule has 0 fully saturated rings. The molecule has 2 aromatic heterocycles. The second kappa shape index (κ2) is 2.13. The molecular weight excluding hydrogens is 162 g/mol. The van der Waals surface area contributed by atoms with Crippen molar-refractivity contribution in [2.75, 3.05) is 18.1 Å². The summed E-state index contributed by atoms with van der Waals surface area (Å²) in [5.41, 5.74) is 6.06. The van der Waals surface area contributed by atoms with Crippen molar-refractivity contribution in [3.05, 3.63) is 6.07 Å². The number of hydrogen-bond acceptors (Lipinski definition) is 5. The van der Waals surface area contributed by atoms with Crippen molar-refractivity contribution in [3.63, 3.8) is 0 Å². The van der Waals surface area contributed by atoms with Gasteiger partial charge in [-0.15, -0.1) is 0 Å². The maximum Gasteiger partial charge on any atom is 0.241 e. The number of nitrogen functional groups attached to an aromatic ring is 1. The summed E-state index contributed by atoms with van der Waals surface area (Å²) in [4.78, 5) is 3.97. The quantitative estimate of drug-likeness (QED) is 0.679. The smallest absolute Gasteiger partial charge is 0.241 e.